The van der Waals surface area contributed by atoms with Gasteiger partial charge in [-0.2, -0.15) is 18.2 Å². The van der Waals surface area contributed by atoms with Crippen LogP contribution in [-0.4, -0.2) is 19.7 Å². The minimum atomic E-state index is -4.62. The quantitative estimate of drug-likeness (QED) is 0.292. The molecular weight excluding hydrogens is 461 g/mol. The zero-order chi connectivity index (χ0) is 22.5. The van der Waals surface area contributed by atoms with E-state index >= 15 is 0 Å². The highest BCUT2D eigenvalue weighted by Gasteiger charge is 2.35. The lowest BCUT2D eigenvalue weighted by molar-refractivity contribution is -0.137. The number of thiophene rings is 1. The summed E-state index contributed by atoms with van der Waals surface area (Å²) in [5, 5.41) is 4.32. The van der Waals surface area contributed by atoms with Gasteiger partial charge in [0.15, 0.2) is 11.0 Å². The second-order valence-corrected chi connectivity index (χ2v) is 9.49. The highest BCUT2D eigenvalue weighted by molar-refractivity contribution is 7.98. The van der Waals surface area contributed by atoms with Gasteiger partial charge in [-0.1, -0.05) is 29.1 Å². The maximum Gasteiger partial charge on any atom is 0.418 e. The standard InChI is InChI=1S/C21H17F3N4O2S2/c1-11-25-16(30-27-11)10-31-20-26-18-17(12-6-2-5-9-15(12)32-18)19(29)28(20)14-8-4-3-7-13(14)21(22,23)24/h3-4,7-8H,2,5-6,9-10H2,1H3. The number of benzene rings is 1. The van der Waals surface area contributed by atoms with Gasteiger partial charge in [0.1, 0.15) is 4.83 Å². The second kappa shape index (κ2) is 8.04. The van der Waals surface area contributed by atoms with Gasteiger partial charge in [0.25, 0.3) is 5.56 Å². The lowest BCUT2D eigenvalue weighted by Gasteiger charge is -2.17. The van der Waals surface area contributed by atoms with Gasteiger partial charge >= 0.3 is 6.18 Å². The largest absolute Gasteiger partial charge is 0.418 e. The average molecular weight is 479 g/mol. The Balaban J connectivity index is 1.74. The maximum absolute atomic E-state index is 13.8. The number of thioether (sulfide) groups is 1. The van der Waals surface area contributed by atoms with Crippen LogP contribution in [0.2, 0.25) is 0 Å². The summed E-state index contributed by atoms with van der Waals surface area (Å²) in [7, 11) is 0. The normalized spacial score (nSPS) is 14.1. The Bertz CT molecular complexity index is 1370. The summed E-state index contributed by atoms with van der Waals surface area (Å²) in [6.07, 6.45) is -1.04. The Morgan fingerprint density at radius 3 is 2.72 bits per heavy atom. The third kappa shape index (κ3) is 3.73. The van der Waals surface area contributed by atoms with Gasteiger partial charge in [0.2, 0.25) is 5.89 Å². The molecule has 0 amide bonds. The number of aromatic nitrogens is 4. The van der Waals surface area contributed by atoms with Gasteiger partial charge in [-0.25, -0.2) is 4.98 Å². The van der Waals surface area contributed by atoms with Crippen molar-refractivity contribution in [1.29, 1.82) is 0 Å². The van der Waals surface area contributed by atoms with Gasteiger partial charge in [-0.05, 0) is 50.3 Å². The summed E-state index contributed by atoms with van der Waals surface area (Å²) >= 11 is 2.55. The molecule has 0 fully saturated rings. The average Bonchev–Trinajstić information content (AvgIpc) is 3.34. The van der Waals surface area contributed by atoms with Crippen LogP contribution in [0.1, 0.15) is 40.6 Å². The van der Waals surface area contributed by atoms with Crippen molar-refractivity contribution in [3.05, 3.63) is 62.3 Å². The Kier molecular flexibility index (Phi) is 5.32. The molecule has 6 nitrogen and oxygen atoms in total. The van der Waals surface area contributed by atoms with Crippen LogP contribution in [0, 0.1) is 6.92 Å². The molecule has 0 atom stereocenters. The third-order valence-electron chi connectivity index (χ3n) is 5.30. The fourth-order valence-corrected chi connectivity index (χ4v) is 6.07. The van der Waals surface area contributed by atoms with E-state index in [1.54, 1.807) is 6.92 Å². The maximum atomic E-state index is 13.8. The van der Waals surface area contributed by atoms with Gasteiger partial charge < -0.3 is 4.52 Å². The molecule has 0 radical (unpaired) electrons. The van der Waals surface area contributed by atoms with E-state index in [4.69, 9.17) is 4.52 Å². The number of alkyl halides is 3. The Labute approximate surface area is 188 Å². The molecule has 0 N–H and O–H groups in total. The molecule has 0 bridgehead atoms. The van der Waals surface area contributed by atoms with Gasteiger partial charge in [0, 0.05) is 4.88 Å². The molecule has 0 aliphatic heterocycles. The van der Waals surface area contributed by atoms with E-state index in [0.717, 1.165) is 58.5 Å². The van der Waals surface area contributed by atoms with Gasteiger partial charge in [-0.3, -0.25) is 9.36 Å². The van der Waals surface area contributed by atoms with Crippen molar-refractivity contribution in [2.45, 2.75) is 49.7 Å². The van der Waals surface area contributed by atoms with Crippen molar-refractivity contribution in [3.63, 3.8) is 0 Å². The number of hydrogen-bond acceptors (Lipinski definition) is 7. The first-order chi connectivity index (χ1) is 15.3. The molecule has 1 aliphatic rings. The second-order valence-electron chi connectivity index (χ2n) is 7.46. The number of para-hydroxylation sites is 1. The summed E-state index contributed by atoms with van der Waals surface area (Å²) in [6.45, 7) is 1.67. The molecule has 3 aromatic heterocycles. The first-order valence-corrected chi connectivity index (χ1v) is 11.8. The summed E-state index contributed by atoms with van der Waals surface area (Å²) in [6, 6.07) is 5.08. The Morgan fingerprint density at radius 1 is 1.19 bits per heavy atom. The molecule has 1 aromatic carbocycles. The lowest BCUT2D eigenvalue weighted by Crippen LogP contribution is -2.25. The van der Waals surface area contributed by atoms with E-state index in [0.29, 0.717) is 21.9 Å². The van der Waals surface area contributed by atoms with Crippen molar-refractivity contribution < 1.29 is 17.7 Å². The monoisotopic (exact) mass is 478 g/mol. The third-order valence-corrected chi connectivity index (χ3v) is 7.41. The minimum absolute atomic E-state index is 0.161. The van der Waals surface area contributed by atoms with Crippen LogP contribution >= 0.6 is 23.1 Å². The first-order valence-electron chi connectivity index (χ1n) is 9.99. The molecule has 1 aliphatic carbocycles. The van der Waals surface area contributed by atoms with E-state index in [1.807, 2.05) is 0 Å². The summed E-state index contributed by atoms with van der Waals surface area (Å²) in [4.78, 5) is 24.1. The zero-order valence-electron chi connectivity index (χ0n) is 16.9. The number of aryl methyl sites for hydroxylation is 3. The predicted octanol–water partition coefficient (Wildman–Crippen LogP) is 5.33. The first kappa shape index (κ1) is 21.2. The molecule has 5 rings (SSSR count). The molecule has 0 unspecified atom stereocenters. The van der Waals surface area contributed by atoms with E-state index in [-0.39, 0.29) is 16.6 Å². The fraction of sp³-hybridized carbons (Fsp3) is 0.333. The number of fused-ring (bicyclic) bond motifs is 3. The summed E-state index contributed by atoms with van der Waals surface area (Å²) in [5.74, 6) is 0.940. The van der Waals surface area contributed by atoms with Gasteiger partial charge in [0.05, 0.1) is 22.4 Å². The SMILES string of the molecule is Cc1noc(CSc2nc3sc4c(c3c(=O)n2-c2ccccc2C(F)(F)F)CCCC4)n1. The van der Waals surface area contributed by atoms with E-state index in [9.17, 15) is 18.0 Å². The van der Waals surface area contributed by atoms with Crippen molar-refractivity contribution in [1.82, 2.24) is 19.7 Å². The smallest absolute Gasteiger partial charge is 0.338 e. The lowest BCUT2D eigenvalue weighted by atomic mass is 9.97. The predicted molar refractivity (Wildman–Crippen MR) is 115 cm³/mol. The zero-order valence-corrected chi connectivity index (χ0v) is 18.5. The summed E-state index contributed by atoms with van der Waals surface area (Å²) in [5.41, 5.74) is -0.673. The number of rotatable bonds is 4. The fourth-order valence-electron chi connectivity index (χ4n) is 3.93. The van der Waals surface area contributed by atoms with Crippen molar-refractivity contribution >= 4 is 33.3 Å². The van der Waals surface area contributed by atoms with Crippen molar-refractivity contribution in [2.75, 3.05) is 0 Å². The van der Waals surface area contributed by atoms with E-state index in [1.165, 1.54) is 29.5 Å². The molecular formula is C21H17F3N4O2S2. The van der Waals surface area contributed by atoms with Crippen molar-refractivity contribution in [2.24, 2.45) is 0 Å². The van der Waals surface area contributed by atoms with E-state index < -0.39 is 17.3 Å². The van der Waals surface area contributed by atoms with Crippen LogP contribution in [-0.2, 0) is 24.8 Å². The number of halogens is 3. The highest BCUT2D eigenvalue weighted by Crippen LogP contribution is 2.38. The van der Waals surface area contributed by atoms with Crippen LogP contribution in [0.4, 0.5) is 13.2 Å². The number of hydrogen-bond donors (Lipinski definition) is 0. The highest BCUT2D eigenvalue weighted by atomic mass is 32.2. The van der Waals surface area contributed by atoms with Crippen LogP contribution in [0.15, 0.2) is 38.7 Å². The van der Waals surface area contributed by atoms with Crippen LogP contribution in [0.5, 0.6) is 0 Å². The van der Waals surface area contributed by atoms with Crippen LogP contribution < -0.4 is 5.56 Å². The molecule has 4 aromatic rings. The molecule has 3 heterocycles. The van der Waals surface area contributed by atoms with Crippen LogP contribution in [0.3, 0.4) is 0 Å². The minimum Gasteiger partial charge on any atom is -0.338 e. The molecule has 11 heteroatoms. The topological polar surface area (TPSA) is 73.8 Å². The number of nitrogens with zero attached hydrogens (tertiary/aromatic N) is 4. The van der Waals surface area contributed by atoms with E-state index in [2.05, 4.69) is 15.1 Å². The van der Waals surface area contributed by atoms with Crippen LogP contribution in [0.25, 0.3) is 15.9 Å². The summed E-state index contributed by atoms with van der Waals surface area (Å²) < 4.78 is 47.6. The Hall–Kier alpha value is -2.66. The molecule has 166 valence electrons. The molecule has 0 saturated heterocycles. The van der Waals surface area contributed by atoms with Crippen molar-refractivity contribution in [3.8, 4) is 5.69 Å². The van der Waals surface area contributed by atoms with Gasteiger partial charge in [-0.15, -0.1) is 11.3 Å². The molecule has 32 heavy (non-hydrogen) atoms. The Morgan fingerprint density at radius 2 is 1.97 bits per heavy atom. The molecule has 0 spiro atoms. The molecule has 0 saturated carbocycles.